The first-order valence-electron chi connectivity index (χ1n) is 8.28. The molecule has 1 unspecified atom stereocenters. The first-order valence-corrected chi connectivity index (χ1v) is 9.16. The summed E-state index contributed by atoms with van der Waals surface area (Å²) in [6, 6.07) is 6.10. The van der Waals surface area contributed by atoms with Gasteiger partial charge in [-0.15, -0.1) is 11.3 Å². The van der Waals surface area contributed by atoms with Gasteiger partial charge in [0.25, 0.3) is 0 Å². The number of anilines is 1. The number of carbonyl (C=O) groups is 1. The largest absolute Gasteiger partial charge is 0.384 e. The van der Waals surface area contributed by atoms with Gasteiger partial charge in [-0.25, -0.2) is 5.10 Å². The van der Waals surface area contributed by atoms with Crippen molar-refractivity contribution in [2.24, 2.45) is 11.1 Å². The number of hydrogen-bond donors (Lipinski definition) is 2. The number of rotatable bonds is 2. The normalized spacial score (nSPS) is 22.4. The molecule has 0 radical (unpaired) electrons. The van der Waals surface area contributed by atoms with E-state index in [1.807, 2.05) is 17.5 Å². The lowest BCUT2D eigenvalue weighted by molar-refractivity contribution is -0.118. The Kier molecular flexibility index (Phi) is 3.70. The number of aromatic amines is 1. The Morgan fingerprint density at radius 3 is 2.88 bits per heavy atom. The van der Waals surface area contributed by atoms with Gasteiger partial charge in [0.15, 0.2) is 5.78 Å². The number of nitriles is 1. The second kappa shape index (κ2) is 5.81. The summed E-state index contributed by atoms with van der Waals surface area (Å²) in [4.78, 5) is 20.0. The molecular formula is C18H18N6OS. The molecule has 1 aliphatic carbocycles. The Labute approximate surface area is 154 Å². The summed E-state index contributed by atoms with van der Waals surface area (Å²) in [6.45, 7) is 4.13. The molecule has 26 heavy (non-hydrogen) atoms. The van der Waals surface area contributed by atoms with Gasteiger partial charge in [0.1, 0.15) is 12.1 Å². The van der Waals surface area contributed by atoms with Crippen LogP contribution in [0.3, 0.4) is 0 Å². The monoisotopic (exact) mass is 366 g/mol. The molecule has 0 spiro atoms. The molecule has 2 aromatic heterocycles. The van der Waals surface area contributed by atoms with Crippen molar-refractivity contribution >= 4 is 23.1 Å². The average molecular weight is 366 g/mol. The lowest BCUT2D eigenvalue weighted by atomic mass is 9.70. The highest BCUT2D eigenvalue weighted by Gasteiger charge is 2.45. The maximum Gasteiger partial charge on any atom is 0.231 e. The van der Waals surface area contributed by atoms with E-state index in [2.05, 4.69) is 35.1 Å². The van der Waals surface area contributed by atoms with E-state index in [0.29, 0.717) is 35.8 Å². The van der Waals surface area contributed by atoms with Gasteiger partial charge in [0.05, 0.1) is 17.6 Å². The predicted octanol–water partition coefficient (Wildman–Crippen LogP) is 2.81. The van der Waals surface area contributed by atoms with Gasteiger partial charge >= 0.3 is 0 Å². The Morgan fingerprint density at radius 1 is 1.46 bits per heavy atom. The van der Waals surface area contributed by atoms with E-state index in [9.17, 15) is 10.1 Å². The van der Waals surface area contributed by atoms with Gasteiger partial charge < -0.3 is 5.73 Å². The molecule has 1 aliphatic heterocycles. The molecule has 0 aromatic carbocycles. The molecule has 2 aliphatic rings. The highest BCUT2D eigenvalue weighted by atomic mass is 32.1. The number of allylic oxidation sites excluding steroid dienone is 3. The van der Waals surface area contributed by atoms with Crippen molar-refractivity contribution < 1.29 is 4.79 Å². The number of nitrogens with one attached hydrogen (secondary N) is 1. The number of nitrogens with zero attached hydrogens (tertiary/aromatic N) is 4. The van der Waals surface area contributed by atoms with Gasteiger partial charge in [-0.1, -0.05) is 19.9 Å². The molecule has 0 amide bonds. The van der Waals surface area contributed by atoms with E-state index in [1.54, 1.807) is 4.90 Å². The number of carbonyl (C=O) groups excluding carboxylic acids is 1. The van der Waals surface area contributed by atoms with E-state index in [0.717, 1.165) is 10.6 Å². The topological polar surface area (TPSA) is 112 Å². The molecule has 0 bridgehead atoms. The van der Waals surface area contributed by atoms with Crippen LogP contribution in [0.5, 0.6) is 0 Å². The van der Waals surface area contributed by atoms with E-state index < -0.39 is 5.92 Å². The van der Waals surface area contributed by atoms with Crippen LogP contribution in [0.15, 0.2) is 46.5 Å². The summed E-state index contributed by atoms with van der Waals surface area (Å²) in [7, 11) is 0. The molecule has 2 aromatic rings. The van der Waals surface area contributed by atoms with Crippen molar-refractivity contribution in [3.63, 3.8) is 0 Å². The second-order valence-electron chi connectivity index (χ2n) is 7.30. The number of hydrogen-bond acceptors (Lipinski definition) is 7. The molecule has 3 heterocycles. The van der Waals surface area contributed by atoms with E-state index >= 15 is 0 Å². The molecule has 0 saturated carbocycles. The fourth-order valence-corrected chi connectivity index (χ4v) is 4.64. The van der Waals surface area contributed by atoms with Gasteiger partial charge in [-0.05, 0) is 23.3 Å². The zero-order valence-electron chi connectivity index (χ0n) is 14.5. The quantitative estimate of drug-likeness (QED) is 0.845. The molecule has 7 nitrogen and oxygen atoms in total. The molecule has 4 rings (SSSR count). The summed E-state index contributed by atoms with van der Waals surface area (Å²) in [5.41, 5.74) is 8.04. The van der Waals surface area contributed by atoms with Gasteiger partial charge in [-0.2, -0.15) is 15.3 Å². The van der Waals surface area contributed by atoms with Crippen molar-refractivity contribution in [3.05, 3.63) is 51.4 Å². The number of nitrogens with two attached hydrogens (primary N) is 1. The van der Waals surface area contributed by atoms with E-state index in [4.69, 9.17) is 5.73 Å². The fraction of sp³-hybridized carbons (Fsp3) is 0.333. The van der Waals surface area contributed by atoms with Gasteiger partial charge in [-0.3, -0.25) is 9.69 Å². The number of H-pyrrole nitrogens is 1. The summed E-state index contributed by atoms with van der Waals surface area (Å²) >= 11 is 1.53. The molecule has 132 valence electrons. The minimum absolute atomic E-state index is 0.0550. The van der Waals surface area contributed by atoms with Crippen LogP contribution in [-0.4, -0.2) is 21.0 Å². The van der Waals surface area contributed by atoms with Crippen LogP contribution >= 0.6 is 11.3 Å². The van der Waals surface area contributed by atoms with Crippen LogP contribution in [0.2, 0.25) is 0 Å². The third-order valence-electron chi connectivity index (χ3n) is 4.82. The van der Waals surface area contributed by atoms with Crippen LogP contribution < -0.4 is 10.6 Å². The Balaban J connectivity index is 1.99. The van der Waals surface area contributed by atoms with Crippen LogP contribution in [-0.2, 0) is 4.79 Å². The number of Topliss-reactive ketones (excluding diaryl/α,β-unsaturated/α-hetero) is 1. The molecule has 1 atom stereocenters. The minimum atomic E-state index is -0.419. The maximum absolute atomic E-state index is 13.1. The van der Waals surface area contributed by atoms with Crippen LogP contribution in [0.1, 0.15) is 37.5 Å². The fourth-order valence-electron chi connectivity index (χ4n) is 3.80. The molecular weight excluding hydrogens is 348 g/mol. The van der Waals surface area contributed by atoms with Crippen molar-refractivity contribution in [1.82, 2.24) is 15.2 Å². The summed E-state index contributed by atoms with van der Waals surface area (Å²) in [5.74, 6) is 0.349. The number of ketones is 1. The minimum Gasteiger partial charge on any atom is -0.384 e. The number of aromatic nitrogens is 3. The zero-order chi connectivity index (χ0) is 18.5. The standard InChI is InChI=1S/C18H18N6OS/c1-18(2)6-11-15(12(25)7-18)14(13-4-3-5-26-13)10(8-19)16(20)24(11)17-21-9-22-23-17/h3-5,9,14H,6-7,20H2,1-2H3,(H,21,22,23). The Hall–Kier alpha value is -2.92. The Morgan fingerprint density at radius 2 is 2.27 bits per heavy atom. The molecule has 0 fully saturated rings. The maximum atomic E-state index is 13.1. The smallest absolute Gasteiger partial charge is 0.231 e. The summed E-state index contributed by atoms with van der Waals surface area (Å²) < 4.78 is 0. The lowest BCUT2D eigenvalue weighted by Crippen LogP contribution is -2.42. The summed E-state index contributed by atoms with van der Waals surface area (Å²) in [6.07, 6.45) is 2.49. The third-order valence-corrected chi connectivity index (χ3v) is 5.76. The van der Waals surface area contributed by atoms with Crippen LogP contribution in [0.25, 0.3) is 0 Å². The average Bonchev–Trinajstić information content (AvgIpc) is 3.26. The van der Waals surface area contributed by atoms with Crippen molar-refractivity contribution in [3.8, 4) is 6.07 Å². The SMILES string of the molecule is CC1(C)CC(=O)C2=C(C1)N(c1ncn[nH]1)C(N)=C(C#N)C2c1cccs1. The van der Waals surface area contributed by atoms with Gasteiger partial charge in [0, 0.05) is 22.6 Å². The number of thiophene rings is 1. The Bertz CT molecular complexity index is 962. The lowest BCUT2D eigenvalue weighted by Gasteiger charge is -2.42. The molecule has 8 heteroatoms. The highest BCUT2D eigenvalue weighted by Crippen LogP contribution is 2.50. The summed E-state index contributed by atoms with van der Waals surface area (Å²) in [5, 5.41) is 18.5. The second-order valence-corrected chi connectivity index (χ2v) is 8.28. The van der Waals surface area contributed by atoms with Crippen molar-refractivity contribution in [2.45, 2.75) is 32.6 Å². The third kappa shape index (κ3) is 2.44. The first-order chi connectivity index (χ1) is 12.4. The zero-order valence-corrected chi connectivity index (χ0v) is 15.3. The predicted molar refractivity (Wildman–Crippen MR) is 97.8 cm³/mol. The van der Waals surface area contributed by atoms with Crippen LogP contribution in [0.4, 0.5) is 5.95 Å². The van der Waals surface area contributed by atoms with Crippen LogP contribution in [0, 0.1) is 16.7 Å². The highest BCUT2D eigenvalue weighted by molar-refractivity contribution is 7.10. The van der Waals surface area contributed by atoms with Crippen molar-refractivity contribution in [2.75, 3.05) is 4.90 Å². The van der Waals surface area contributed by atoms with Gasteiger partial charge in [0.2, 0.25) is 5.95 Å². The molecule has 3 N–H and O–H groups in total. The first kappa shape index (κ1) is 16.5. The molecule has 0 saturated heterocycles. The van der Waals surface area contributed by atoms with E-state index in [1.165, 1.54) is 17.7 Å². The van der Waals surface area contributed by atoms with Crippen molar-refractivity contribution in [1.29, 1.82) is 5.26 Å². The van der Waals surface area contributed by atoms with E-state index in [-0.39, 0.29) is 11.2 Å².